The van der Waals surface area contributed by atoms with Crippen LogP contribution in [0.1, 0.15) is 38.5 Å². The van der Waals surface area contributed by atoms with Crippen LogP contribution in [0.2, 0.25) is 0 Å². The lowest BCUT2D eigenvalue weighted by molar-refractivity contribution is 0.251. The molecule has 0 aromatic carbocycles. The summed E-state index contributed by atoms with van der Waals surface area (Å²) in [5.41, 5.74) is 5.69. The van der Waals surface area contributed by atoms with E-state index in [4.69, 9.17) is 5.73 Å². The van der Waals surface area contributed by atoms with E-state index in [0.29, 0.717) is 12.5 Å². The largest absolute Gasteiger partial charge is 0.324 e. The average Bonchev–Trinajstić information content (AvgIpc) is 2.92. The molecule has 0 aliphatic heterocycles. The maximum Gasteiger partial charge on any atom is 0.211 e. The van der Waals surface area contributed by atoms with Gasteiger partial charge in [-0.15, -0.1) is 0 Å². The second kappa shape index (κ2) is 4.03. The van der Waals surface area contributed by atoms with Crippen LogP contribution in [0.3, 0.4) is 0 Å². The molecule has 0 aromatic rings. The lowest BCUT2D eigenvalue weighted by Gasteiger charge is -2.38. The van der Waals surface area contributed by atoms with Gasteiger partial charge in [-0.2, -0.15) is 0 Å². The Morgan fingerprint density at radius 1 is 1.33 bits per heavy atom. The van der Waals surface area contributed by atoms with Gasteiger partial charge in [0.1, 0.15) is 0 Å². The summed E-state index contributed by atoms with van der Waals surface area (Å²) in [7, 11) is -3.08. The zero-order valence-electron chi connectivity index (χ0n) is 9.04. The van der Waals surface area contributed by atoms with E-state index in [0.717, 1.165) is 25.7 Å². The Morgan fingerprint density at radius 2 is 2.00 bits per heavy atom. The highest BCUT2D eigenvalue weighted by Crippen LogP contribution is 2.32. The van der Waals surface area contributed by atoms with Gasteiger partial charge in [-0.3, -0.25) is 0 Å². The molecule has 0 saturated heterocycles. The minimum Gasteiger partial charge on any atom is -0.324 e. The molecule has 2 rings (SSSR count). The predicted molar refractivity (Wildman–Crippen MR) is 59.9 cm³/mol. The molecule has 4 nitrogen and oxygen atoms in total. The van der Waals surface area contributed by atoms with Crippen molar-refractivity contribution in [3.05, 3.63) is 0 Å². The molecule has 2 fully saturated rings. The number of sulfonamides is 1. The summed E-state index contributed by atoms with van der Waals surface area (Å²) >= 11 is 0. The van der Waals surface area contributed by atoms with E-state index in [-0.39, 0.29) is 11.3 Å². The fraction of sp³-hybridized carbons (Fsp3) is 1.00. The molecule has 2 aliphatic carbocycles. The topological polar surface area (TPSA) is 72.2 Å². The molecule has 3 N–H and O–H groups in total. The average molecular weight is 232 g/mol. The lowest BCUT2D eigenvalue weighted by atomic mass is 9.78. The minimum absolute atomic E-state index is 0.257. The third-order valence-corrected chi connectivity index (χ3v) is 4.84. The zero-order valence-corrected chi connectivity index (χ0v) is 9.85. The summed E-state index contributed by atoms with van der Waals surface area (Å²) in [5, 5.41) is 0. The van der Waals surface area contributed by atoms with Crippen LogP contribution in [0.25, 0.3) is 0 Å². The Hall–Kier alpha value is -0.130. The Bertz CT molecular complexity index is 318. The van der Waals surface area contributed by atoms with Crippen molar-refractivity contribution in [1.82, 2.24) is 4.72 Å². The normalized spacial score (nSPS) is 24.9. The van der Waals surface area contributed by atoms with Crippen molar-refractivity contribution in [2.45, 2.75) is 44.1 Å². The van der Waals surface area contributed by atoms with Crippen molar-refractivity contribution in [3.8, 4) is 0 Å². The molecule has 15 heavy (non-hydrogen) atoms. The number of nitrogens with one attached hydrogen (secondary N) is 1. The van der Waals surface area contributed by atoms with Crippen LogP contribution in [-0.4, -0.2) is 26.3 Å². The third kappa shape index (κ3) is 3.43. The number of hydrogen-bond acceptors (Lipinski definition) is 3. The van der Waals surface area contributed by atoms with Crippen LogP contribution in [0.5, 0.6) is 0 Å². The first kappa shape index (κ1) is 11.4. The standard InChI is InChI=1S/C10H20N2O2S/c11-10(5-1-6-10)8-12-15(13,14)7-4-9-2-3-9/h9,12H,1-8,11H2. The minimum atomic E-state index is -3.08. The quantitative estimate of drug-likeness (QED) is 0.704. The highest BCUT2D eigenvalue weighted by Gasteiger charge is 2.33. The van der Waals surface area contributed by atoms with E-state index in [1.165, 1.54) is 12.8 Å². The van der Waals surface area contributed by atoms with Crippen LogP contribution < -0.4 is 10.5 Å². The first-order valence-corrected chi connectivity index (χ1v) is 7.41. The Kier molecular flexibility index (Phi) is 3.05. The van der Waals surface area contributed by atoms with Crippen molar-refractivity contribution in [2.24, 2.45) is 11.7 Å². The van der Waals surface area contributed by atoms with Gasteiger partial charge in [0.25, 0.3) is 0 Å². The van der Waals surface area contributed by atoms with Crippen molar-refractivity contribution in [2.75, 3.05) is 12.3 Å². The molecule has 0 unspecified atom stereocenters. The highest BCUT2D eigenvalue weighted by molar-refractivity contribution is 7.89. The molecule has 0 spiro atoms. The summed E-state index contributed by atoms with van der Waals surface area (Å²) in [6, 6.07) is 0. The summed E-state index contributed by atoms with van der Waals surface area (Å²) < 4.78 is 25.8. The van der Waals surface area contributed by atoms with E-state index < -0.39 is 10.0 Å². The van der Waals surface area contributed by atoms with Gasteiger partial charge in [0.2, 0.25) is 10.0 Å². The monoisotopic (exact) mass is 232 g/mol. The summed E-state index contributed by atoms with van der Waals surface area (Å²) in [6.45, 7) is 0.417. The van der Waals surface area contributed by atoms with Crippen LogP contribution >= 0.6 is 0 Å². The molecule has 0 radical (unpaired) electrons. The first-order chi connectivity index (χ1) is 6.99. The molecular formula is C10H20N2O2S. The van der Waals surface area contributed by atoms with Crippen LogP contribution in [0.15, 0.2) is 0 Å². The fourth-order valence-electron chi connectivity index (χ4n) is 1.86. The summed E-state index contributed by atoms with van der Waals surface area (Å²) in [4.78, 5) is 0. The fourth-order valence-corrected chi connectivity index (χ4v) is 3.16. The van der Waals surface area contributed by atoms with Gasteiger partial charge >= 0.3 is 0 Å². The second-order valence-corrected chi connectivity index (χ2v) is 7.01. The number of nitrogens with two attached hydrogens (primary N) is 1. The van der Waals surface area contributed by atoms with Crippen molar-refractivity contribution < 1.29 is 8.42 Å². The smallest absolute Gasteiger partial charge is 0.211 e. The Morgan fingerprint density at radius 3 is 2.47 bits per heavy atom. The van der Waals surface area contributed by atoms with E-state index >= 15 is 0 Å². The predicted octanol–water partition coefficient (Wildman–Crippen LogP) is 0.587. The molecular weight excluding hydrogens is 212 g/mol. The Balaban J connectivity index is 1.71. The maximum absolute atomic E-state index is 11.6. The van der Waals surface area contributed by atoms with Crippen LogP contribution in [0, 0.1) is 5.92 Å². The molecule has 88 valence electrons. The summed E-state index contributed by atoms with van der Waals surface area (Å²) in [5.74, 6) is 0.936. The molecule has 0 aromatic heterocycles. The van der Waals surface area contributed by atoms with Gasteiger partial charge in [0.15, 0.2) is 0 Å². The molecule has 0 amide bonds. The molecule has 0 heterocycles. The van der Waals surface area contributed by atoms with Gasteiger partial charge in [-0.25, -0.2) is 13.1 Å². The van der Waals surface area contributed by atoms with Gasteiger partial charge in [-0.05, 0) is 31.6 Å². The van der Waals surface area contributed by atoms with Crippen molar-refractivity contribution in [1.29, 1.82) is 0 Å². The van der Waals surface area contributed by atoms with Crippen LogP contribution in [-0.2, 0) is 10.0 Å². The molecule has 5 heteroatoms. The van der Waals surface area contributed by atoms with E-state index in [2.05, 4.69) is 4.72 Å². The SMILES string of the molecule is NC1(CNS(=O)(=O)CCC2CC2)CCC1. The van der Waals surface area contributed by atoms with Gasteiger partial charge in [-0.1, -0.05) is 12.8 Å². The van der Waals surface area contributed by atoms with Gasteiger partial charge < -0.3 is 5.73 Å². The number of hydrogen-bond donors (Lipinski definition) is 2. The second-order valence-electron chi connectivity index (χ2n) is 5.09. The van der Waals surface area contributed by atoms with E-state index in [9.17, 15) is 8.42 Å². The lowest BCUT2D eigenvalue weighted by Crippen LogP contribution is -2.55. The summed E-state index contributed by atoms with van der Waals surface area (Å²) in [6.07, 6.45) is 6.23. The van der Waals surface area contributed by atoms with Crippen molar-refractivity contribution >= 4 is 10.0 Å². The zero-order chi connectivity index (χ0) is 10.9. The molecule has 2 saturated carbocycles. The number of rotatable bonds is 6. The molecule has 2 aliphatic rings. The maximum atomic E-state index is 11.6. The van der Waals surface area contributed by atoms with Crippen LogP contribution in [0.4, 0.5) is 0 Å². The van der Waals surface area contributed by atoms with E-state index in [1.54, 1.807) is 0 Å². The Labute approximate surface area is 91.7 Å². The van der Waals surface area contributed by atoms with Gasteiger partial charge in [0, 0.05) is 12.1 Å². The van der Waals surface area contributed by atoms with Crippen molar-refractivity contribution in [3.63, 3.8) is 0 Å². The highest BCUT2D eigenvalue weighted by atomic mass is 32.2. The first-order valence-electron chi connectivity index (χ1n) is 5.75. The van der Waals surface area contributed by atoms with Gasteiger partial charge in [0.05, 0.1) is 5.75 Å². The third-order valence-electron chi connectivity index (χ3n) is 3.49. The molecule has 0 atom stereocenters. The van der Waals surface area contributed by atoms with E-state index in [1.807, 2.05) is 0 Å². The molecule has 0 bridgehead atoms.